The zero-order valence-corrected chi connectivity index (χ0v) is 11.4. The van der Waals surface area contributed by atoms with Crippen molar-refractivity contribution in [2.75, 3.05) is 12.4 Å². The summed E-state index contributed by atoms with van der Waals surface area (Å²) < 4.78 is 5.06. The first-order valence-corrected chi connectivity index (χ1v) is 6.42. The Kier molecular flexibility index (Phi) is 4.25. The normalized spacial score (nSPS) is 10.6. The summed E-state index contributed by atoms with van der Waals surface area (Å²) in [5, 5.41) is 11.6. The molecular weight excluding hydrogens is 262 g/mol. The van der Waals surface area contributed by atoms with Gasteiger partial charge >= 0.3 is 0 Å². The summed E-state index contributed by atoms with van der Waals surface area (Å²) in [5.41, 5.74) is 0.921. The molecule has 1 N–H and O–H groups in total. The number of nitrogens with zero attached hydrogens (tertiary/aromatic N) is 2. The Morgan fingerprint density at radius 1 is 1.32 bits per heavy atom. The van der Waals surface area contributed by atoms with Crippen LogP contribution in [0.4, 0.5) is 5.13 Å². The molecule has 0 saturated carbocycles. The van der Waals surface area contributed by atoms with Gasteiger partial charge in [0.25, 0.3) is 0 Å². The summed E-state index contributed by atoms with van der Waals surface area (Å²) in [4.78, 5) is 11.6. The lowest BCUT2D eigenvalue weighted by atomic mass is 10.2. The van der Waals surface area contributed by atoms with Gasteiger partial charge in [0.1, 0.15) is 10.8 Å². The number of carbonyl (C=O) groups is 1. The summed E-state index contributed by atoms with van der Waals surface area (Å²) >= 11 is 1.34. The van der Waals surface area contributed by atoms with Gasteiger partial charge in [0, 0.05) is 6.08 Å². The Morgan fingerprint density at radius 3 is 2.63 bits per heavy atom. The first-order valence-electron chi connectivity index (χ1n) is 5.60. The summed E-state index contributed by atoms with van der Waals surface area (Å²) in [6.45, 7) is 1.83. The molecular formula is C13H13N3O2S. The number of aryl methyl sites for hydroxylation is 1. The Bertz CT molecular complexity index is 590. The van der Waals surface area contributed by atoms with Crippen LogP contribution in [-0.4, -0.2) is 23.2 Å². The smallest absolute Gasteiger partial charge is 0.250 e. The molecule has 0 aliphatic heterocycles. The van der Waals surface area contributed by atoms with Crippen LogP contribution in [0.15, 0.2) is 30.3 Å². The van der Waals surface area contributed by atoms with Gasteiger partial charge in [-0.25, -0.2) is 0 Å². The monoisotopic (exact) mass is 275 g/mol. The van der Waals surface area contributed by atoms with Crippen LogP contribution in [0.2, 0.25) is 0 Å². The number of benzene rings is 1. The van der Waals surface area contributed by atoms with Crippen molar-refractivity contribution in [2.24, 2.45) is 0 Å². The molecule has 1 amide bonds. The largest absolute Gasteiger partial charge is 0.497 e. The van der Waals surface area contributed by atoms with Crippen molar-refractivity contribution in [1.82, 2.24) is 10.2 Å². The predicted octanol–water partition coefficient (Wildman–Crippen LogP) is 2.51. The second kappa shape index (κ2) is 6.10. The standard InChI is InChI=1S/C13H13N3O2S/c1-9-15-16-13(19-9)14-12(17)8-5-10-3-6-11(18-2)7-4-10/h3-8H,1-2H3,(H,14,16,17)/b8-5+. The van der Waals surface area contributed by atoms with Crippen LogP contribution in [0.3, 0.4) is 0 Å². The zero-order chi connectivity index (χ0) is 13.7. The van der Waals surface area contributed by atoms with E-state index in [9.17, 15) is 4.79 Å². The van der Waals surface area contributed by atoms with E-state index in [1.54, 1.807) is 13.2 Å². The van der Waals surface area contributed by atoms with Crippen LogP contribution < -0.4 is 10.1 Å². The highest BCUT2D eigenvalue weighted by molar-refractivity contribution is 7.15. The Morgan fingerprint density at radius 2 is 2.05 bits per heavy atom. The zero-order valence-electron chi connectivity index (χ0n) is 10.6. The predicted molar refractivity (Wildman–Crippen MR) is 75.3 cm³/mol. The molecule has 0 aliphatic rings. The lowest BCUT2D eigenvalue weighted by Gasteiger charge is -1.99. The van der Waals surface area contributed by atoms with Gasteiger partial charge < -0.3 is 4.74 Å². The SMILES string of the molecule is COc1ccc(/C=C/C(=O)Nc2nnc(C)s2)cc1. The van der Waals surface area contributed by atoms with Crippen molar-refractivity contribution in [2.45, 2.75) is 6.92 Å². The molecule has 0 bridgehead atoms. The van der Waals surface area contributed by atoms with E-state index in [-0.39, 0.29) is 5.91 Å². The number of carbonyl (C=O) groups excluding carboxylic acids is 1. The highest BCUT2D eigenvalue weighted by Crippen LogP contribution is 2.14. The minimum atomic E-state index is -0.230. The Hall–Kier alpha value is -2.21. The van der Waals surface area contributed by atoms with Crippen LogP contribution in [0.5, 0.6) is 5.75 Å². The third kappa shape index (κ3) is 3.89. The number of methoxy groups -OCH3 is 1. The second-order valence-electron chi connectivity index (χ2n) is 3.72. The number of hydrogen-bond donors (Lipinski definition) is 1. The number of rotatable bonds is 4. The van der Waals surface area contributed by atoms with Gasteiger partial charge in [-0.3, -0.25) is 10.1 Å². The molecule has 2 aromatic rings. The van der Waals surface area contributed by atoms with Gasteiger partial charge in [0.05, 0.1) is 7.11 Å². The average Bonchev–Trinajstić information content (AvgIpc) is 2.82. The van der Waals surface area contributed by atoms with Crippen molar-refractivity contribution < 1.29 is 9.53 Å². The van der Waals surface area contributed by atoms with Gasteiger partial charge in [0.2, 0.25) is 11.0 Å². The number of aromatic nitrogens is 2. The molecule has 19 heavy (non-hydrogen) atoms. The molecule has 2 rings (SSSR count). The minimum Gasteiger partial charge on any atom is -0.497 e. The number of nitrogens with one attached hydrogen (secondary N) is 1. The first kappa shape index (κ1) is 13.2. The average molecular weight is 275 g/mol. The van der Waals surface area contributed by atoms with Crippen molar-refractivity contribution in [3.05, 3.63) is 40.9 Å². The lowest BCUT2D eigenvalue weighted by molar-refractivity contribution is -0.111. The maximum Gasteiger partial charge on any atom is 0.250 e. The van der Waals surface area contributed by atoms with Crippen LogP contribution >= 0.6 is 11.3 Å². The van der Waals surface area contributed by atoms with E-state index in [1.807, 2.05) is 31.2 Å². The summed E-state index contributed by atoms with van der Waals surface area (Å²) in [6, 6.07) is 7.42. The van der Waals surface area contributed by atoms with Crippen molar-refractivity contribution in [3.8, 4) is 5.75 Å². The lowest BCUT2D eigenvalue weighted by Crippen LogP contribution is -2.07. The minimum absolute atomic E-state index is 0.230. The van der Waals surface area contributed by atoms with Crippen LogP contribution in [0, 0.1) is 6.92 Å². The molecule has 0 radical (unpaired) electrons. The fourth-order valence-corrected chi connectivity index (χ4v) is 1.98. The number of anilines is 1. The van der Waals surface area contributed by atoms with Crippen molar-refractivity contribution in [1.29, 1.82) is 0 Å². The van der Waals surface area contributed by atoms with E-state index < -0.39 is 0 Å². The fourth-order valence-electron chi connectivity index (χ4n) is 1.38. The van der Waals surface area contributed by atoms with Crippen molar-refractivity contribution >= 4 is 28.5 Å². The van der Waals surface area contributed by atoms with Gasteiger partial charge in [-0.15, -0.1) is 10.2 Å². The van der Waals surface area contributed by atoms with Crippen LogP contribution in [0.1, 0.15) is 10.6 Å². The summed E-state index contributed by atoms with van der Waals surface area (Å²) in [5.74, 6) is 0.554. The second-order valence-corrected chi connectivity index (χ2v) is 4.90. The highest BCUT2D eigenvalue weighted by Gasteiger charge is 2.02. The van der Waals surface area contributed by atoms with E-state index in [1.165, 1.54) is 17.4 Å². The fraction of sp³-hybridized carbons (Fsp3) is 0.154. The molecule has 1 aromatic carbocycles. The molecule has 0 spiro atoms. The van der Waals surface area contributed by atoms with E-state index in [2.05, 4.69) is 15.5 Å². The van der Waals surface area contributed by atoms with E-state index in [0.29, 0.717) is 5.13 Å². The van der Waals surface area contributed by atoms with Gasteiger partial charge in [-0.05, 0) is 30.7 Å². The molecule has 98 valence electrons. The number of amides is 1. The third-order valence-corrected chi connectivity index (χ3v) is 3.05. The summed E-state index contributed by atoms with van der Waals surface area (Å²) in [7, 11) is 1.61. The molecule has 1 heterocycles. The van der Waals surface area contributed by atoms with Gasteiger partial charge in [-0.2, -0.15) is 0 Å². The topological polar surface area (TPSA) is 64.1 Å². The highest BCUT2D eigenvalue weighted by atomic mass is 32.1. The molecule has 0 saturated heterocycles. The van der Waals surface area contributed by atoms with E-state index in [4.69, 9.17) is 4.74 Å². The molecule has 1 aromatic heterocycles. The van der Waals surface area contributed by atoms with Crippen molar-refractivity contribution in [3.63, 3.8) is 0 Å². The number of hydrogen-bond acceptors (Lipinski definition) is 5. The Balaban J connectivity index is 1.95. The molecule has 6 heteroatoms. The third-order valence-electron chi connectivity index (χ3n) is 2.30. The molecule has 0 atom stereocenters. The Labute approximate surface area is 114 Å². The molecule has 0 unspecified atom stereocenters. The molecule has 0 fully saturated rings. The van der Waals surface area contributed by atoms with Gasteiger partial charge in [-0.1, -0.05) is 23.5 Å². The molecule has 0 aliphatic carbocycles. The maximum atomic E-state index is 11.6. The van der Waals surface area contributed by atoms with Crippen LogP contribution in [-0.2, 0) is 4.79 Å². The maximum absolute atomic E-state index is 11.6. The van der Waals surface area contributed by atoms with E-state index >= 15 is 0 Å². The quantitative estimate of drug-likeness (QED) is 0.871. The first-order chi connectivity index (χ1) is 9.17. The van der Waals surface area contributed by atoms with E-state index in [0.717, 1.165) is 16.3 Å². The summed E-state index contributed by atoms with van der Waals surface area (Å²) in [6.07, 6.45) is 3.18. The van der Waals surface area contributed by atoms with Gasteiger partial charge in [0.15, 0.2) is 0 Å². The van der Waals surface area contributed by atoms with Crippen LogP contribution in [0.25, 0.3) is 6.08 Å². The number of ether oxygens (including phenoxy) is 1. The molecule has 5 nitrogen and oxygen atoms in total.